The molecule has 32 heavy (non-hydrogen) atoms. The van der Waals surface area contributed by atoms with E-state index in [2.05, 4.69) is 24.8 Å². The second-order valence-corrected chi connectivity index (χ2v) is 8.53. The molecule has 4 rings (SSSR count). The Labute approximate surface area is 181 Å². The number of phosphoric acid groups is 1. The number of ether oxygens (including phenoxy) is 1. The SMILES string of the molecule is Cc1cc(CNc2ncnc3c2ncn3[C@@H]2O[C@H](CO)[C@@H](O)[C@H]2O)cc(OP(=O)(O)O)c1. The van der Waals surface area contributed by atoms with Gasteiger partial charge in [-0.2, -0.15) is 0 Å². The third kappa shape index (κ3) is 4.59. The van der Waals surface area contributed by atoms with Crippen LogP contribution in [0.4, 0.5) is 5.82 Å². The molecule has 1 aromatic carbocycles. The highest BCUT2D eigenvalue weighted by atomic mass is 31.2. The van der Waals surface area contributed by atoms with Crippen molar-refractivity contribution in [2.75, 3.05) is 11.9 Å². The topological polar surface area (TPSA) is 192 Å². The van der Waals surface area contributed by atoms with Gasteiger partial charge in [0.15, 0.2) is 23.2 Å². The third-order valence-corrected chi connectivity index (χ3v) is 5.39. The highest BCUT2D eigenvalue weighted by molar-refractivity contribution is 7.46. The largest absolute Gasteiger partial charge is 0.524 e. The van der Waals surface area contributed by atoms with E-state index in [1.54, 1.807) is 6.92 Å². The molecule has 0 saturated carbocycles. The number of hydrogen-bond donors (Lipinski definition) is 6. The summed E-state index contributed by atoms with van der Waals surface area (Å²) in [7, 11) is -4.68. The first-order valence-corrected chi connectivity index (χ1v) is 11.1. The minimum absolute atomic E-state index is 0.0385. The maximum absolute atomic E-state index is 11.1. The molecule has 0 amide bonds. The summed E-state index contributed by atoms with van der Waals surface area (Å²) in [5, 5.41) is 32.7. The first kappa shape index (κ1) is 22.6. The zero-order valence-corrected chi connectivity index (χ0v) is 17.7. The van der Waals surface area contributed by atoms with E-state index in [0.717, 1.165) is 5.56 Å². The van der Waals surface area contributed by atoms with Crippen LogP contribution >= 0.6 is 7.82 Å². The fourth-order valence-electron chi connectivity index (χ4n) is 3.58. The lowest BCUT2D eigenvalue weighted by atomic mass is 10.1. The van der Waals surface area contributed by atoms with Gasteiger partial charge >= 0.3 is 7.82 Å². The predicted octanol–water partition coefficient (Wildman–Crippen LogP) is -0.170. The number of anilines is 1. The van der Waals surface area contributed by atoms with Gasteiger partial charge in [-0.15, -0.1) is 0 Å². The van der Waals surface area contributed by atoms with Crippen LogP contribution in [-0.4, -0.2) is 69.5 Å². The van der Waals surface area contributed by atoms with Crippen LogP contribution in [0.2, 0.25) is 0 Å². The summed E-state index contributed by atoms with van der Waals surface area (Å²) < 4.78 is 22.8. The summed E-state index contributed by atoms with van der Waals surface area (Å²) in [6.07, 6.45) is -1.77. The minimum atomic E-state index is -4.68. The summed E-state index contributed by atoms with van der Waals surface area (Å²) in [5.41, 5.74) is 2.15. The van der Waals surface area contributed by atoms with Crippen LogP contribution in [0, 0.1) is 6.92 Å². The van der Waals surface area contributed by atoms with Crippen LogP contribution in [0.5, 0.6) is 5.75 Å². The number of benzene rings is 1. The lowest BCUT2D eigenvalue weighted by Crippen LogP contribution is -2.33. The summed E-state index contributed by atoms with van der Waals surface area (Å²) in [4.78, 5) is 30.7. The van der Waals surface area contributed by atoms with E-state index < -0.39 is 39.0 Å². The summed E-state index contributed by atoms with van der Waals surface area (Å²) in [6.45, 7) is 1.56. The molecule has 6 N–H and O–H groups in total. The molecule has 1 aliphatic heterocycles. The second-order valence-electron chi connectivity index (χ2n) is 7.36. The Kier molecular flexibility index (Phi) is 6.14. The van der Waals surface area contributed by atoms with Gasteiger partial charge in [-0.05, 0) is 30.2 Å². The number of nitrogens with one attached hydrogen (secondary N) is 1. The molecule has 1 fully saturated rings. The van der Waals surface area contributed by atoms with Crippen LogP contribution in [0.25, 0.3) is 11.2 Å². The average molecular weight is 467 g/mol. The average Bonchev–Trinajstić information content (AvgIpc) is 3.26. The van der Waals surface area contributed by atoms with E-state index in [0.29, 0.717) is 22.5 Å². The van der Waals surface area contributed by atoms with E-state index in [-0.39, 0.29) is 12.3 Å². The number of aryl methyl sites for hydroxylation is 1. The normalized spacial score (nSPS) is 23.6. The standard InChI is InChI=1S/C18H22N5O8P/c1-9-2-10(4-11(3-9)31-32(27,28)29)5-19-16-13-17(21-7-20-16)23(8-22-13)18-15(26)14(25)12(6-24)30-18/h2-4,7-8,12,14-15,18,24-26H,5-6H2,1H3,(H,19,20,21)(H2,27,28,29)/t12-,14-,15-,18-/m1/s1. The van der Waals surface area contributed by atoms with Crippen molar-refractivity contribution < 1.29 is 38.9 Å². The van der Waals surface area contributed by atoms with Crippen molar-refractivity contribution in [3.8, 4) is 5.75 Å². The number of nitrogens with zero attached hydrogens (tertiary/aromatic N) is 4. The summed E-state index contributed by atoms with van der Waals surface area (Å²) in [5.74, 6) is 0.413. The molecule has 0 unspecified atom stereocenters. The van der Waals surface area contributed by atoms with Gasteiger partial charge in [-0.1, -0.05) is 6.07 Å². The van der Waals surface area contributed by atoms with Gasteiger partial charge in [0.2, 0.25) is 0 Å². The van der Waals surface area contributed by atoms with Crippen molar-refractivity contribution in [2.24, 2.45) is 0 Å². The lowest BCUT2D eigenvalue weighted by Gasteiger charge is -2.16. The Bertz CT molecular complexity index is 1170. The number of imidazole rings is 1. The van der Waals surface area contributed by atoms with Gasteiger partial charge in [-0.25, -0.2) is 19.5 Å². The predicted molar refractivity (Wildman–Crippen MR) is 110 cm³/mol. The fourth-order valence-corrected chi connectivity index (χ4v) is 3.96. The number of hydrogen-bond acceptors (Lipinski definition) is 10. The van der Waals surface area contributed by atoms with Crippen LogP contribution in [0.1, 0.15) is 17.4 Å². The van der Waals surface area contributed by atoms with Gasteiger partial charge in [0.1, 0.15) is 30.4 Å². The van der Waals surface area contributed by atoms with Crippen molar-refractivity contribution in [1.29, 1.82) is 0 Å². The molecular formula is C18H22N5O8P. The number of aliphatic hydroxyl groups is 3. The Morgan fingerprint density at radius 1 is 1.19 bits per heavy atom. The first-order valence-electron chi connectivity index (χ1n) is 9.56. The van der Waals surface area contributed by atoms with E-state index in [9.17, 15) is 19.9 Å². The van der Waals surface area contributed by atoms with E-state index in [4.69, 9.17) is 14.5 Å². The van der Waals surface area contributed by atoms with Gasteiger partial charge in [0, 0.05) is 6.54 Å². The Hall–Kier alpha value is -2.64. The molecule has 2 aromatic heterocycles. The highest BCUT2D eigenvalue weighted by Gasteiger charge is 2.44. The Balaban J connectivity index is 1.56. The number of rotatable bonds is 7. The Morgan fingerprint density at radius 3 is 2.66 bits per heavy atom. The zero-order chi connectivity index (χ0) is 23.0. The number of phosphoric ester groups is 1. The number of aromatic nitrogens is 4. The fraction of sp³-hybridized carbons (Fsp3) is 0.389. The monoisotopic (exact) mass is 467 g/mol. The van der Waals surface area contributed by atoms with Crippen molar-refractivity contribution in [3.63, 3.8) is 0 Å². The maximum atomic E-state index is 11.1. The molecule has 0 spiro atoms. The van der Waals surface area contributed by atoms with Gasteiger partial charge in [0.05, 0.1) is 12.9 Å². The molecule has 172 valence electrons. The first-order chi connectivity index (χ1) is 15.2. The Morgan fingerprint density at radius 2 is 1.97 bits per heavy atom. The summed E-state index contributed by atoms with van der Waals surface area (Å²) >= 11 is 0. The highest BCUT2D eigenvalue weighted by Crippen LogP contribution is 2.38. The molecule has 3 heterocycles. The van der Waals surface area contributed by atoms with Crippen LogP contribution in [0.15, 0.2) is 30.9 Å². The number of fused-ring (bicyclic) bond motifs is 1. The second kappa shape index (κ2) is 8.71. The van der Waals surface area contributed by atoms with Crippen molar-refractivity contribution in [1.82, 2.24) is 19.5 Å². The van der Waals surface area contributed by atoms with E-state index in [1.807, 2.05) is 6.07 Å². The lowest BCUT2D eigenvalue weighted by molar-refractivity contribution is -0.0511. The van der Waals surface area contributed by atoms with Crippen LogP contribution < -0.4 is 9.84 Å². The van der Waals surface area contributed by atoms with Gasteiger partial charge in [0.25, 0.3) is 0 Å². The summed E-state index contributed by atoms with van der Waals surface area (Å²) in [6, 6.07) is 4.82. The van der Waals surface area contributed by atoms with Crippen LogP contribution in [-0.2, 0) is 15.8 Å². The third-order valence-electron chi connectivity index (χ3n) is 4.95. The molecule has 14 heteroatoms. The van der Waals surface area contributed by atoms with E-state index >= 15 is 0 Å². The minimum Gasteiger partial charge on any atom is -0.404 e. The smallest absolute Gasteiger partial charge is 0.404 e. The van der Waals surface area contributed by atoms with Crippen molar-refractivity contribution in [3.05, 3.63) is 42.0 Å². The van der Waals surface area contributed by atoms with E-state index in [1.165, 1.54) is 29.4 Å². The maximum Gasteiger partial charge on any atom is 0.524 e. The molecule has 1 aliphatic rings. The molecular weight excluding hydrogens is 445 g/mol. The van der Waals surface area contributed by atoms with Crippen molar-refractivity contribution >= 4 is 24.8 Å². The van der Waals surface area contributed by atoms with Crippen LogP contribution in [0.3, 0.4) is 0 Å². The molecule has 0 radical (unpaired) electrons. The molecule has 13 nitrogen and oxygen atoms in total. The molecule has 1 saturated heterocycles. The molecule has 0 aliphatic carbocycles. The molecule has 0 bridgehead atoms. The quantitative estimate of drug-likeness (QED) is 0.252. The van der Waals surface area contributed by atoms with Gasteiger partial charge < -0.3 is 29.9 Å². The zero-order valence-electron chi connectivity index (χ0n) is 16.8. The van der Waals surface area contributed by atoms with Gasteiger partial charge in [-0.3, -0.25) is 14.4 Å². The van der Waals surface area contributed by atoms with Crippen molar-refractivity contribution in [2.45, 2.75) is 38.0 Å². The number of aliphatic hydroxyl groups excluding tert-OH is 3. The molecule has 3 aromatic rings. The molecule has 4 atom stereocenters.